The van der Waals surface area contributed by atoms with Crippen molar-refractivity contribution in [3.05, 3.63) is 40.0 Å². The van der Waals surface area contributed by atoms with E-state index in [0.29, 0.717) is 24.5 Å². The first-order valence-electron chi connectivity index (χ1n) is 6.00. The van der Waals surface area contributed by atoms with Gasteiger partial charge in [0.1, 0.15) is 11.9 Å². The van der Waals surface area contributed by atoms with Crippen molar-refractivity contribution in [2.24, 2.45) is 0 Å². The van der Waals surface area contributed by atoms with Crippen molar-refractivity contribution in [2.45, 2.75) is 12.5 Å². The van der Waals surface area contributed by atoms with E-state index >= 15 is 0 Å². The third kappa shape index (κ3) is 3.55. The van der Waals surface area contributed by atoms with Gasteiger partial charge in [-0.15, -0.1) is 0 Å². The Balaban J connectivity index is 2.28. The number of carboxylic acids is 1. The van der Waals surface area contributed by atoms with Gasteiger partial charge in [0.05, 0.1) is 18.1 Å². The van der Waals surface area contributed by atoms with Crippen LogP contribution in [0.4, 0.5) is 5.69 Å². The molecule has 2 rings (SSSR count). The molecule has 1 aromatic rings. The molecule has 0 bridgehead atoms. The number of aliphatic carboxylic acids is 1. The third-order valence-corrected chi connectivity index (χ3v) is 2.79. The molecule has 1 aliphatic heterocycles. The Morgan fingerprint density at radius 3 is 2.95 bits per heavy atom. The van der Waals surface area contributed by atoms with E-state index in [1.165, 1.54) is 24.3 Å². The van der Waals surface area contributed by atoms with Crippen molar-refractivity contribution in [1.82, 2.24) is 0 Å². The van der Waals surface area contributed by atoms with Gasteiger partial charge in [-0.1, -0.05) is 0 Å². The second-order valence-electron chi connectivity index (χ2n) is 4.25. The van der Waals surface area contributed by atoms with Gasteiger partial charge in [-0.25, -0.2) is 4.79 Å². The predicted molar refractivity (Wildman–Crippen MR) is 69.6 cm³/mol. The van der Waals surface area contributed by atoms with Crippen LogP contribution in [0.1, 0.15) is 12.0 Å². The highest BCUT2D eigenvalue weighted by molar-refractivity contribution is 5.86. The molecule has 1 unspecified atom stereocenters. The van der Waals surface area contributed by atoms with Crippen molar-refractivity contribution < 1.29 is 24.3 Å². The summed E-state index contributed by atoms with van der Waals surface area (Å²) >= 11 is 0. The van der Waals surface area contributed by atoms with Crippen molar-refractivity contribution >= 4 is 17.7 Å². The molecule has 20 heavy (non-hydrogen) atoms. The predicted octanol–water partition coefficient (Wildman–Crippen LogP) is 1.86. The minimum absolute atomic E-state index is 0.117. The molecule has 0 radical (unpaired) electrons. The Bertz CT molecular complexity index is 548. The van der Waals surface area contributed by atoms with Gasteiger partial charge in [0, 0.05) is 30.2 Å². The summed E-state index contributed by atoms with van der Waals surface area (Å²) in [7, 11) is 0. The van der Waals surface area contributed by atoms with E-state index in [0.717, 1.165) is 12.5 Å². The Morgan fingerprint density at radius 2 is 2.35 bits per heavy atom. The number of nitrogens with zero attached hydrogens (tertiary/aromatic N) is 1. The lowest BCUT2D eigenvalue weighted by atomic mass is 10.1. The molecular formula is C13H13NO6. The largest absolute Gasteiger partial charge is 0.487 e. The topological polar surface area (TPSA) is 98.9 Å². The van der Waals surface area contributed by atoms with E-state index in [2.05, 4.69) is 0 Å². The number of carbonyl (C=O) groups is 1. The lowest BCUT2D eigenvalue weighted by molar-refractivity contribution is -0.384. The molecule has 1 N–H and O–H groups in total. The van der Waals surface area contributed by atoms with Gasteiger partial charge in [-0.3, -0.25) is 10.1 Å². The van der Waals surface area contributed by atoms with E-state index in [-0.39, 0.29) is 11.8 Å². The molecule has 0 spiro atoms. The van der Waals surface area contributed by atoms with Crippen LogP contribution in [0, 0.1) is 10.1 Å². The molecule has 106 valence electrons. The second kappa shape index (κ2) is 6.16. The summed E-state index contributed by atoms with van der Waals surface area (Å²) in [5.74, 6) is -0.727. The number of ether oxygens (including phenoxy) is 2. The fourth-order valence-corrected chi connectivity index (χ4v) is 1.83. The summed E-state index contributed by atoms with van der Waals surface area (Å²) in [6, 6.07) is 4.08. The third-order valence-electron chi connectivity index (χ3n) is 2.79. The molecule has 0 aromatic heterocycles. The maximum atomic E-state index is 10.8. The Kier molecular flexibility index (Phi) is 4.31. The normalized spacial score (nSPS) is 18.3. The molecule has 1 aliphatic rings. The number of non-ortho nitro benzene ring substituents is 1. The van der Waals surface area contributed by atoms with E-state index in [1.807, 2.05) is 0 Å². The summed E-state index contributed by atoms with van der Waals surface area (Å²) in [6.45, 7) is 1.07. The summed E-state index contributed by atoms with van der Waals surface area (Å²) in [5, 5.41) is 19.4. The second-order valence-corrected chi connectivity index (χ2v) is 4.25. The molecular weight excluding hydrogens is 266 g/mol. The zero-order chi connectivity index (χ0) is 14.5. The van der Waals surface area contributed by atoms with E-state index in [4.69, 9.17) is 14.6 Å². The highest BCUT2D eigenvalue weighted by atomic mass is 16.6. The van der Waals surface area contributed by atoms with Gasteiger partial charge in [-0.05, 0) is 12.1 Å². The van der Waals surface area contributed by atoms with E-state index in [9.17, 15) is 14.9 Å². The maximum absolute atomic E-state index is 10.8. The Morgan fingerprint density at radius 1 is 1.55 bits per heavy atom. The molecule has 0 saturated carbocycles. The first-order chi connectivity index (χ1) is 9.56. The van der Waals surface area contributed by atoms with Crippen LogP contribution < -0.4 is 4.74 Å². The van der Waals surface area contributed by atoms with Crippen LogP contribution in [-0.4, -0.2) is 35.3 Å². The quantitative estimate of drug-likeness (QED) is 0.501. The smallest absolute Gasteiger partial charge is 0.328 e. The molecule has 7 nitrogen and oxygen atoms in total. The number of hydrogen-bond acceptors (Lipinski definition) is 5. The lowest BCUT2D eigenvalue weighted by Gasteiger charge is -2.13. The fraction of sp³-hybridized carbons (Fsp3) is 0.308. The van der Waals surface area contributed by atoms with Gasteiger partial charge >= 0.3 is 5.97 Å². The summed E-state index contributed by atoms with van der Waals surface area (Å²) < 4.78 is 10.9. The molecule has 0 aliphatic carbocycles. The minimum Gasteiger partial charge on any atom is -0.487 e. The average Bonchev–Trinajstić information content (AvgIpc) is 2.90. The van der Waals surface area contributed by atoms with Gasteiger partial charge < -0.3 is 14.6 Å². The van der Waals surface area contributed by atoms with Crippen LogP contribution in [0.25, 0.3) is 6.08 Å². The zero-order valence-corrected chi connectivity index (χ0v) is 10.5. The van der Waals surface area contributed by atoms with Gasteiger partial charge in [0.15, 0.2) is 0 Å². The van der Waals surface area contributed by atoms with E-state index in [1.54, 1.807) is 0 Å². The van der Waals surface area contributed by atoms with Gasteiger partial charge in [-0.2, -0.15) is 0 Å². The SMILES string of the molecule is O=C(O)C=Cc1cc([N+](=O)[O-])ccc1OC1CCOC1. The van der Waals surface area contributed by atoms with Crippen molar-refractivity contribution in [3.8, 4) is 5.75 Å². The van der Waals surface area contributed by atoms with Crippen LogP contribution in [0.15, 0.2) is 24.3 Å². The first kappa shape index (κ1) is 14.0. The number of rotatable bonds is 5. The average molecular weight is 279 g/mol. The highest BCUT2D eigenvalue weighted by Crippen LogP contribution is 2.27. The molecule has 1 aromatic carbocycles. The fourth-order valence-electron chi connectivity index (χ4n) is 1.83. The number of benzene rings is 1. The Labute approximate surface area is 114 Å². The van der Waals surface area contributed by atoms with Gasteiger partial charge in [0.25, 0.3) is 5.69 Å². The highest BCUT2D eigenvalue weighted by Gasteiger charge is 2.19. The molecule has 0 amide bonds. The number of nitro benzene ring substituents is 1. The molecule has 1 heterocycles. The summed E-state index contributed by atoms with van der Waals surface area (Å²) in [5.41, 5.74) is 0.235. The number of hydrogen-bond donors (Lipinski definition) is 1. The summed E-state index contributed by atoms with van der Waals surface area (Å²) in [6.07, 6.45) is 2.81. The van der Waals surface area contributed by atoms with Gasteiger partial charge in [0.2, 0.25) is 0 Å². The van der Waals surface area contributed by atoms with Crippen molar-refractivity contribution in [2.75, 3.05) is 13.2 Å². The zero-order valence-electron chi connectivity index (χ0n) is 10.5. The molecule has 1 fully saturated rings. The standard InChI is InChI=1S/C13H13NO6/c15-13(16)4-1-9-7-10(14(17)18)2-3-12(9)20-11-5-6-19-8-11/h1-4,7,11H,5-6,8H2,(H,15,16). The van der Waals surface area contributed by atoms with Crippen LogP contribution in [-0.2, 0) is 9.53 Å². The first-order valence-corrected chi connectivity index (χ1v) is 6.00. The van der Waals surface area contributed by atoms with Crippen LogP contribution >= 0.6 is 0 Å². The molecule has 7 heteroatoms. The number of carboxylic acid groups (broad SMARTS) is 1. The summed E-state index contributed by atoms with van der Waals surface area (Å²) in [4.78, 5) is 20.8. The monoisotopic (exact) mass is 279 g/mol. The van der Waals surface area contributed by atoms with Crippen molar-refractivity contribution in [1.29, 1.82) is 0 Å². The number of nitro groups is 1. The maximum Gasteiger partial charge on any atom is 0.328 e. The lowest BCUT2D eigenvalue weighted by Crippen LogP contribution is -2.16. The molecule has 1 atom stereocenters. The Hall–Kier alpha value is -2.41. The van der Waals surface area contributed by atoms with Crippen LogP contribution in [0.5, 0.6) is 5.75 Å². The van der Waals surface area contributed by atoms with Crippen molar-refractivity contribution in [3.63, 3.8) is 0 Å². The minimum atomic E-state index is -1.13. The van der Waals surface area contributed by atoms with Crippen LogP contribution in [0.2, 0.25) is 0 Å². The van der Waals surface area contributed by atoms with Crippen LogP contribution in [0.3, 0.4) is 0 Å². The van der Waals surface area contributed by atoms with E-state index < -0.39 is 10.9 Å². The molecule has 1 saturated heterocycles.